The molecule has 0 radical (unpaired) electrons. The fourth-order valence-corrected chi connectivity index (χ4v) is 3.79. The summed E-state index contributed by atoms with van der Waals surface area (Å²) >= 11 is 6.94. The third-order valence-corrected chi connectivity index (χ3v) is 5.40. The Hall–Kier alpha value is -3.29. The Bertz CT molecular complexity index is 1260. The third-order valence-electron chi connectivity index (χ3n) is 4.32. The molecule has 0 aliphatic rings. The summed E-state index contributed by atoms with van der Waals surface area (Å²) < 4.78 is 11.0. The van der Waals surface area contributed by atoms with Gasteiger partial charge in [-0.3, -0.25) is 0 Å². The van der Waals surface area contributed by atoms with Gasteiger partial charge in [0, 0.05) is 5.02 Å². The van der Waals surface area contributed by atoms with E-state index in [-0.39, 0.29) is 16.0 Å². The molecule has 3 aromatic carbocycles. The van der Waals surface area contributed by atoms with Crippen molar-refractivity contribution in [2.24, 2.45) is 0 Å². The standard InChI is InChI=1S/C22H15ClN2O4S/c1-28-18-10-9-15(23)12-17(18)20-24-25-22(29-20)30-19(21(26)27)11-14-7-4-6-13-5-2-3-8-16(13)14/h2-12H,1H3,(H,26,27)/b19-11-. The van der Waals surface area contributed by atoms with Crippen molar-refractivity contribution in [1.29, 1.82) is 0 Å². The monoisotopic (exact) mass is 438 g/mol. The van der Waals surface area contributed by atoms with Crippen LogP contribution in [0.1, 0.15) is 5.56 Å². The number of carboxylic acid groups (broad SMARTS) is 1. The Morgan fingerprint density at radius 2 is 1.93 bits per heavy atom. The van der Waals surface area contributed by atoms with Crippen molar-refractivity contribution in [1.82, 2.24) is 10.2 Å². The van der Waals surface area contributed by atoms with Gasteiger partial charge in [0.15, 0.2) is 0 Å². The molecule has 0 amide bonds. The third kappa shape index (κ3) is 4.17. The van der Waals surface area contributed by atoms with Crippen molar-refractivity contribution in [3.05, 3.63) is 76.2 Å². The summed E-state index contributed by atoms with van der Waals surface area (Å²) in [5.74, 6) is -0.385. The molecule has 0 spiro atoms. The first kappa shape index (κ1) is 20.0. The lowest BCUT2D eigenvalue weighted by Gasteiger charge is -2.05. The fraction of sp³-hybridized carbons (Fsp3) is 0.0455. The molecule has 1 N–H and O–H groups in total. The average Bonchev–Trinajstić information content (AvgIpc) is 3.22. The Labute approximate surface area is 181 Å². The van der Waals surface area contributed by atoms with Gasteiger partial charge in [0.05, 0.1) is 12.7 Å². The van der Waals surface area contributed by atoms with Gasteiger partial charge >= 0.3 is 5.97 Å². The van der Waals surface area contributed by atoms with Gasteiger partial charge in [0.25, 0.3) is 11.1 Å². The van der Waals surface area contributed by atoms with Crippen LogP contribution in [-0.2, 0) is 4.79 Å². The van der Waals surface area contributed by atoms with Crippen LogP contribution < -0.4 is 4.74 Å². The first-order chi connectivity index (χ1) is 14.5. The minimum atomic E-state index is -1.09. The van der Waals surface area contributed by atoms with Gasteiger partial charge in [-0.25, -0.2) is 4.79 Å². The normalized spacial score (nSPS) is 11.6. The Morgan fingerprint density at radius 3 is 2.73 bits per heavy atom. The van der Waals surface area contributed by atoms with E-state index in [1.165, 1.54) is 7.11 Å². The van der Waals surface area contributed by atoms with Crippen molar-refractivity contribution in [2.75, 3.05) is 7.11 Å². The molecule has 0 bridgehead atoms. The predicted octanol–water partition coefficient (Wildman–Crippen LogP) is 5.77. The highest BCUT2D eigenvalue weighted by atomic mass is 35.5. The molecular weight excluding hydrogens is 424 g/mol. The number of carbonyl (C=O) groups is 1. The lowest BCUT2D eigenvalue weighted by molar-refractivity contribution is -0.131. The number of aliphatic carboxylic acids is 1. The zero-order valence-electron chi connectivity index (χ0n) is 15.7. The molecule has 4 rings (SSSR count). The molecule has 0 atom stereocenters. The molecule has 0 aliphatic heterocycles. The van der Waals surface area contributed by atoms with Crippen LogP contribution >= 0.6 is 23.4 Å². The number of rotatable bonds is 6. The van der Waals surface area contributed by atoms with Crippen molar-refractivity contribution >= 4 is 46.2 Å². The van der Waals surface area contributed by atoms with Crippen molar-refractivity contribution in [3.8, 4) is 17.2 Å². The van der Waals surface area contributed by atoms with E-state index in [1.54, 1.807) is 24.3 Å². The van der Waals surface area contributed by atoms with Gasteiger partial charge in [0.2, 0.25) is 0 Å². The molecule has 0 saturated heterocycles. The highest BCUT2D eigenvalue weighted by molar-refractivity contribution is 8.03. The van der Waals surface area contributed by atoms with E-state index in [0.29, 0.717) is 16.3 Å². The number of carboxylic acids is 1. The summed E-state index contributed by atoms with van der Waals surface area (Å²) in [6.45, 7) is 0. The van der Waals surface area contributed by atoms with E-state index >= 15 is 0 Å². The summed E-state index contributed by atoms with van der Waals surface area (Å²) in [7, 11) is 1.52. The molecule has 1 heterocycles. The van der Waals surface area contributed by atoms with Gasteiger partial charge in [-0.05, 0) is 52.4 Å². The molecular formula is C22H15ClN2O4S. The number of thioether (sulfide) groups is 1. The van der Waals surface area contributed by atoms with Crippen LogP contribution in [0.25, 0.3) is 28.3 Å². The minimum Gasteiger partial charge on any atom is -0.496 e. The smallest absolute Gasteiger partial charge is 0.342 e. The van der Waals surface area contributed by atoms with Gasteiger partial charge in [-0.15, -0.1) is 10.2 Å². The number of aromatic nitrogens is 2. The molecule has 150 valence electrons. The Morgan fingerprint density at radius 1 is 1.13 bits per heavy atom. The van der Waals surface area contributed by atoms with Crippen molar-refractivity contribution in [2.45, 2.75) is 5.22 Å². The number of fused-ring (bicyclic) bond motifs is 1. The summed E-state index contributed by atoms with van der Waals surface area (Å²) in [5.41, 5.74) is 1.31. The molecule has 1 aromatic heterocycles. The first-order valence-electron chi connectivity index (χ1n) is 8.83. The van der Waals surface area contributed by atoms with E-state index in [9.17, 15) is 9.90 Å². The molecule has 4 aromatic rings. The van der Waals surface area contributed by atoms with E-state index in [1.807, 2.05) is 42.5 Å². The maximum absolute atomic E-state index is 11.8. The van der Waals surface area contributed by atoms with Crippen LogP contribution in [-0.4, -0.2) is 28.4 Å². The van der Waals surface area contributed by atoms with Gasteiger partial charge in [-0.2, -0.15) is 0 Å². The zero-order chi connectivity index (χ0) is 21.1. The molecule has 0 fully saturated rings. The maximum Gasteiger partial charge on any atom is 0.342 e. The largest absolute Gasteiger partial charge is 0.496 e. The number of methoxy groups -OCH3 is 1. The number of nitrogens with zero attached hydrogens (tertiary/aromatic N) is 2. The molecule has 0 aliphatic carbocycles. The second kappa shape index (κ2) is 8.61. The van der Waals surface area contributed by atoms with Crippen molar-refractivity contribution in [3.63, 3.8) is 0 Å². The molecule has 6 nitrogen and oxygen atoms in total. The number of hydrogen-bond donors (Lipinski definition) is 1. The van der Waals surface area contributed by atoms with Crippen LogP contribution in [0.3, 0.4) is 0 Å². The molecule has 8 heteroatoms. The lowest BCUT2D eigenvalue weighted by atomic mass is 10.0. The number of ether oxygens (including phenoxy) is 1. The van der Waals surface area contributed by atoms with Gasteiger partial charge < -0.3 is 14.3 Å². The van der Waals surface area contributed by atoms with Crippen LogP contribution in [0.5, 0.6) is 5.75 Å². The highest BCUT2D eigenvalue weighted by Crippen LogP contribution is 2.35. The lowest BCUT2D eigenvalue weighted by Crippen LogP contribution is -1.97. The Balaban J connectivity index is 1.68. The number of hydrogen-bond acceptors (Lipinski definition) is 6. The van der Waals surface area contributed by atoms with Crippen LogP contribution in [0, 0.1) is 0 Å². The second-order valence-electron chi connectivity index (χ2n) is 6.20. The van der Waals surface area contributed by atoms with Crippen LogP contribution in [0.4, 0.5) is 0 Å². The van der Waals surface area contributed by atoms with E-state index < -0.39 is 5.97 Å². The summed E-state index contributed by atoms with van der Waals surface area (Å²) in [4.78, 5) is 11.9. The Kier molecular flexibility index (Phi) is 5.74. The van der Waals surface area contributed by atoms with Gasteiger partial charge in [0.1, 0.15) is 10.7 Å². The quantitative estimate of drug-likeness (QED) is 0.302. The predicted molar refractivity (Wildman–Crippen MR) is 117 cm³/mol. The average molecular weight is 439 g/mol. The highest BCUT2D eigenvalue weighted by Gasteiger charge is 2.18. The second-order valence-corrected chi connectivity index (χ2v) is 7.63. The van der Waals surface area contributed by atoms with Gasteiger partial charge in [-0.1, -0.05) is 54.1 Å². The molecule has 0 unspecified atom stereocenters. The maximum atomic E-state index is 11.8. The summed E-state index contributed by atoms with van der Waals surface area (Å²) in [6, 6.07) is 18.5. The zero-order valence-corrected chi connectivity index (χ0v) is 17.3. The van der Waals surface area contributed by atoms with E-state index in [2.05, 4.69) is 10.2 Å². The number of benzene rings is 3. The van der Waals surface area contributed by atoms with Crippen LogP contribution in [0.2, 0.25) is 5.02 Å². The minimum absolute atomic E-state index is 0.0552. The van der Waals surface area contributed by atoms with Crippen molar-refractivity contribution < 1.29 is 19.1 Å². The summed E-state index contributed by atoms with van der Waals surface area (Å²) in [5, 5.41) is 20.2. The fourth-order valence-electron chi connectivity index (χ4n) is 2.95. The van der Waals surface area contributed by atoms with E-state index in [0.717, 1.165) is 28.1 Å². The molecule has 0 saturated carbocycles. The molecule has 30 heavy (non-hydrogen) atoms. The summed E-state index contributed by atoms with van der Waals surface area (Å²) in [6.07, 6.45) is 1.60. The topological polar surface area (TPSA) is 85.5 Å². The van der Waals surface area contributed by atoms with E-state index in [4.69, 9.17) is 20.8 Å². The van der Waals surface area contributed by atoms with Crippen LogP contribution in [0.15, 0.2) is 75.2 Å². The SMILES string of the molecule is COc1ccc(Cl)cc1-c1nnc(S/C(=C\c2cccc3ccccc23)C(=O)O)o1. The first-order valence-corrected chi connectivity index (χ1v) is 10.0. The number of halogens is 1.